The molecule has 1 aliphatic rings. The molecule has 0 radical (unpaired) electrons. The zero-order valence-electron chi connectivity index (χ0n) is 14.7. The smallest absolute Gasteiger partial charge is 0.315 e. The maximum Gasteiger partial charge on any atom is 0.315 e. The van der Waals surface area contributed by atoms with Crippen LogP contribution >= 0.6 is 0 Å². The van der Waals surface area contributed by atoms with E-state index in [1.807, 2.05) is 48.9 Å². The van der Waals surface area contributed by atoms with E-state index >= 15 is 0 Å². The van der Waals surface area contributed by atoms with E-state index in [4.69, 9.17) is 0 Å². The van der Waals surface area contributed by atoms with Gasteiger partial charge in [0.2, 0.25) is 5.91 Å². The zero-order chi connectivity index (χ0) is 18.0. The van der Waals surface area contributed by atoms with Gasteiger partial charge in [0.25, 0.3) is 0 Å². The molecule has 132 valence electrons. The van der Waals surface area contributed by atoms with Crippen LogP contribution in [0.4, 0.5) is 4.79 Å². The number of likely N-dealkylation sites (N-methyl/N-ethyl adjacent to an activating group) is 1. The van der Waals surface area contributed by atoms with Crippen LogP contribution < -0.4 is 10.6 Å². The number of nitrogens with zero attached hydrogens (tertiary/aromatic N) is 3. The third-order valence-corrected chi connectivity index (χ3v) is 4.58. The summed E-state index contributed by atoms with van der Waals surface area (Å²) >= 11 is 0. The van der Waals surface area contributed by atoms with Crippen molar-refractivity contribution in [2.24, 2.45) is 0 Å². The molecule has 1 aliphatic heterocycles. The lowest BCUT2D eigenvalue weighted by molar-refractivity contribution is -0.128. The second-order valence-electron chi connectivity index (χ2n) is 6.38. The summed E-state index contributed by atoms with van der Waals surface area (Å²) in [6.45, 7) is 4.54. The lowest BCUT2D eigenvalue weighted by atomic mass is 10.1. The summed E-state index contributed by atoms with van der Waals surface area (Å²) in [5.74, 6) is 0.882. The predicted molar refractivity (Wildman–Crippen MR) is 94.4 cm³/mol. The number of hydrogen-bond acceptors (Lipinski definition) is 3. The topological polar surface area (TPSA) is 79.3 Å². The number of urea groups is 1. The summed E-state index contributed by atoms with van der Waals surface area (Å²) in [7, 11) is 1.74. The molecule has 2 N–H and O–H groups in total. The number of carbonyl (C=O) groups is 2. The van der Waals surface area contributed by atoms with Crippen molar-refractivity contribution in [3.8, 4) is 5.69 Å². The summed E-state index contributed by atoms with van der Waals surface area (Å²) in [5.41, 5.74) is 2.02. The highest BCUT2D eigenvalue weighted by molar-refractivity contribution is 5.88. The zero-order valence-corrected chi connectivity index (χ0v) is 14.7. The Morgan fingerprint density at radius 3 is 2.60 bits per heavy atom. The van der Waals surface area contributed by atoms with Crippen LogP contribution in [0.15, 0.2) is 36.7 Å². The first-order chi connectivity index (χ1) is 12.0. The lowest BCUT2D eigenvalue weighted by Crippen LogP contribution is -2.46. The first-order valence-electron chi connectivity index (χ1n) is 8.38. The van der Waals surface area contributed by atoms with Gasteiger partial charge in [0.1, 0.15) is 11.9 Å². The predicted octanol–water partition coefficient (Wildman–Crippen LogP) is 1.77. The molecule has 7 nitrogen and oxygen atoms in total. The molecule has 1 aromatic heterocycles. The molecule has 0 spiro atoms. The van der Waals surface area contributed by atoms with Crippen LogP contribution in [-0.2, 0) is 4.79 Å². The number of aromatic nitrogens is 2. The van der Waals surface area contributed by atoms with Crippen molar-refractivity contribution >= 4 is 11.9 Å². The van der Waals surface area contributed by atoms with Gasteiger partial charge >= 0.3 is 6.03 Å². The van der Waals surface area contributed by atoms with Crippen LogP contribution in [0.1, 0.15) is 30.8 Å². The fourth-order valence-corrected chi connectivity index (χ4v) is 3.01. The van der Waals surface area contributed by atoms with Crippen molar-refractivity contribution in [1.29, 1.82) is 0 Å². The standard InChI is InChI=1S/C18H23N5O2/c1-12(20-18(25)21-16-8-10-22(3)17(16)24)14-4-6-15(7-5-14)23-11-9-19-13(23)2/h4-7,9,11-12,16H,8,10H2,1-3H3,(H2,20,21,25)/t12-,16+/m0/s1. The minimum Gasteiger partial charge on any atom is -0.344 e. The highest BCUT2D eigenvalue weighted by atomic mass is 16.2. The average molecular weight is 341 g/mol. The van der Waals surface area contributed by atoms with E-state index in [1.165, 1.54) is 0 Å². The van der Waals surface area contributed by atoms with Crippen LogP contribution in [0.5, 0.6) is 0 Å². The van der Waals surface area contributed by atoms with Crippen LogP contribution in [-0.4, -0.2) is 46.0 Å². The Hall–Kier alpha value is -2.83. The fraction of sp³-hybridized carbons (Fsp3) is 0.389. The van der Waals surface area contributed by atoms with Gasteiger partial charge in [-0.3, -0.25) is 4.79 Å². The summed E-state index contributed by atoms with van der Waals surface area (Å²) in [6, 6.07) is 7.04. The molecular weight excluding hydrogens is 318 g/mol. The van der Waals surface area contributed by atoms with E-state index in [0.29, 0.717) is 13.0 Å². The molecule has 2 atom stereocenters. The summed E-state index contributed by atoms with van der Waals surface area (Å²) in [4.78, 5) is 29.8. The van der Waals surface area contributed by atoms with E-state index in [2.05, 4.69) is 15.6 Å². The first-order valence-corrected chi connectivity index (χ1v) is 8.38. The Balaban J connectivity index is 1.59. The maximum absolute atomic E-state index is 12.1. The van der Waals surface area contributed by atoms with Crippen LogP contribution in [0.3, 0.4) is 0 Å². The van der Waals surface area contributed by atoms with Gasteiger partial charge < -0.3 is 20.1 Å². The van der Waals surface area contributed by atoms with Crippen LogP contribution in [0, 0.1) is 6.92 Å². The minimum atomic E-state index is -0.427. The molecule has 3 amide bonds. The number of aryl methyl sites for hydroxylation is 1. The third-order valence-electron chi connectivity index (χ3n) is 4.58. The summed E-state index contributed by atoms with van der Waals surface area (Å²) in [6.07, 6.45) is 4.32. The normalized spacial score (nSPS) is 18.3. The molecular formula is C18H23N5O2. The van der Waals surface area contributed by atoms with Crippen LogP contribution in [0.2, 0.25) is 0 Å². The number of rotatable bonds is 4. The highest BCUT2D eigenvalue weighted by Crippen LogP contribution is 2.17. The van der Waals surface area contributed by atoms with E-state index in [1.54, 1.807) is 18.1 Å². The van der Waals surface area contributed by atoms with E-state index < -0.39 is 6.04 Å². The van der Waals surface area contributed by atoms with Gasteiger partial charge in [-0.2, -0.15) is 0 Å². The number of nitrogens with one attached hydrogen (secondary N) is 2. The van der Waals surface area contributed by atoms with E-state index in [0.717, 1.165) is 17.1 Å². The minimum absolute atomic E-state index is 0.0390. The van der Waals surface area contributed by atoms with Gasteiger partial charge in [-0.1, -0.05) is 12.1 Å². The number of likely N-dealkylation sites (tertiary alicyclic amines) is 1. The molecule has 3 rings (SSSR count). The first kappa shape index (κ1) is 17.0. The number of benzene rings is 1. The molecule has 1 fully saturated rings. The van der Waals surface area contributed by atoms with Gasteiger partial charge in [-0.05, 0) is 38.0 Å². The molecule has 7 heteroatoms. The molecule has 2 aromatic rings. The molecule has 0 saturated carbocycles. The van der Waals surface area contributed by atoms with Crippen LogP contribution in [0.25, 0.3) is 5.69 Å². The average Bonchev–Trinajstić information content (AvgIpc) is 3.15. The van der Waals surface area contributed by atoms with Gasteiger partial charge in [0, 0.05) is 31.7 Å². The Kier molecular flexibility index (Phi) is 4.74. The molecule has 1 saturated heterocycles. The number of hydrogen-bond donors (Lipinski definition) is 2. The van der Waals surface area contributed by atoms with Gasteiger partial charge in [-0.15, -0.1) is 0 Å². The molecule has 2 heterocycles. The maximum atomic E-state index is 12.1. The second kappa shape index (κ2) is 6.96. The summed E-state index contributed by atoms with van der Waals surface area (Å²) in [5, 5.41) is 5.63. The van der Waals surface area contributed by atoms with Crippen molar-refractivity contribution in [3.63, 3.8) is 0 Å². The molecule has 0 unspecified atom stereocenters. The SMILES string of the molecule is Cc1nccn1-c1ccc([C@H](C)NC(=O)N[C@@H]2CCN(C)C2=O)cc1. The molecule has 0 bridgehead atoms. The second-order valence-corrected chi connectivity index (χ2v) is 6.38. The monoisotopic (exact) mass is 341 g/mol. The summed E-state index contributed by atoms with van der Waals surface area (Å²) < 4.78 is 2.00. The Labute approximate surface area is 147 Å². The fourth-order valence-electron chi connectivity index (χ4n) is 3.01. The van der Waals surface area contributed by atoms with Crippen molar-refractivity contribution in [2.75, 3.05) is 13.6 Å². The largest absolute Gasteiger partial charge is 0.344 e. The van der Waals surface area contributed by atoms with Gasteiger partial charge in [0.05, 0.1) is 6.04 Å². The van der Waals surface area contributed by atoms with Gasteiger partial charge in [0.15, 0.2) is 0 Å². The van der Waals surface area contributed by atoms with E-state index in [9.17, 15) is 9.59 Å². The van der Waals surface area contributed by atoms with E-state index in [-0.39, 0.29) is 18.0 Å². The third kappa shape index (κ3) is 3.65. The number of carbonyl (C=O) groups excluding carboxylic acids is 2. The van der Waals surface area contributed by atoms with Crippen molar-refractivity contribution in [1.82, 2.24) is 25.1 Å². The quantitative estimate of drug-likeness (QED) is 0.889. The number of imidazole rings is 1. The Bertz CT molecular complexity index is 768. The van der Waals surface area contributed by atoms with Crippen molar-refractivity contribution < 1.29 is 9.59 Å². The molecule has 1 aromatic carbocycles. The molecule has 0 aliphatic carbocycles. The Morgan fingerprint density at radius 1 is 1.32 bits per heavy atom. The van der Waals surface area contributed by atoms with Gasteiger partial charge in [-0.25, -0.2) is 9.78 Å². The highest BCUT2D eigenvalue weighted by Gasteiger charge is 2.30. The molecule has 25 heavy (non-hydrogen) atoms. The van der Waals surface area contributed by atoms with Crippen molar-refractivity contribution in [3.05, 3.63) is 48.0 Å². The number of amides is 3. The Morgan fingerprint density at radius 2 is 2.04 bits per heavy atom. The lowest BCUT2D eigenvalue weighted by Gasteiger charge is -2.18. The van der Waals surface area contributed by atoms with Crippen molar-refractivity contribution in [2.45, 2.75) is 32.4 Å².